The molecule has 3 aliphatic heterocycles. The number of likely N-dealkylation sites (tertiary alicyclic amines) is 2. The molecule has 1 saturated carbocycles. The molecule has 6 nitrogen and oxygen atoms in total. The van der Waals surface area contributed by atoms with Gasteiger partial charge in [-0.2, -0.15) is 0 Å². The van der Waals surface area contributed by atoms with Crippen LogP contribution in [0.25, 0.3) is 0 Å². The van der Waals surface area contributed by atoms with E-state index in [4.69, 9.17) is 4.74 Å². The van der Waals surface area contributed by atoms with Crippen LogP contribution in [-0.2, 0) is 9.53 Å². The highest BCUT2D eigenvalue weighted by atomic mass is 19.1. The fourth-order valence-electron chi connectivity index (χ4n) is 8.03. The first-order valence-electron chi connectivity index (χ1n) is 15.7. The Balaban J connectivity index is 1.36. The molecule has 0 N–H and O–H groups in total. The molecule has 0 aromatic heterocycles. The second-order valence-electron chi connectivity index (χ2n) is 14.8. The average molecular weight is 574 g/mol. The Hall–Kier alpha value is -2.22. The summed E-state index contributed by atoms with van der Waals surface area (Å²) in [7, 11) is 0. The quantitative estimate of drug-likeness (QED) is 0.399. The summed E-state index contributed by atoms with van der Waals surface area (Å²) in [5, 5.41) is 0. The SMILES string of the molecule is CC(C)(C)N1CC[C@H](C(=O)N2CCC(CN3C(=O)OCC3(C)C)(C3CCCCC3)CC2)[C@@H](c2ccc(F)cc2F)C1. The van der Waals surface area contributed by atoms with Gasteiger partial charge in [0.15, 0.2) is 0 Å². The number of piperidine rings is 2. The molecule has 0 bridgehead atoms. The van der Waals surface area contributed by atoms with E-state index in [-0.39, 0.29) is 40.3 Å². The van der Waals surface area contributed by atoms with Crippen LogP contribution in [0.3, 0.4) is 0 Å². The topological polar surface area (TPSA) is 53.1 Å². The summed E-state index contributed by atoms with van der Waals surface area (Å²) in [6.45, 7) is 14.3. The number of halogens is 2. The fourth-order valence-corrected chi connectivity index (χ4v) is 8.03. The molecule has 4 fully saturated rings. The van der Waals surface area contributed by atoms with Gasteiger partial charge in [-0.1, -0.05) is 25.3 Å². The van der Waals surface area contributed by atoms with Gasteiger partial charge in [-0.15, -0.1) is 0 Å². The number of ether oxygens (including phenoxy) is 1. The molecule has 2 atom stereocenters. The number of cyclic esters (lactones) is 1. The summed E-state index contributed by atoms with van der Waals surface area (Å²) in [5.41, 5.74) is -0.0467. The van der Waals surface area contributed by atoms with Gasteiger partial charge in [-0.25, -0.2) is 13.6 Å². The largest absolute Gasteiger partial charge is 0.447 e. The van der Waals surface area contributed by atoms with Gasteiger partial charge in [0.25, 0.3) is 0 Å². The average Bonchev–Trinajstić information content (AvgIpc) is 3.19. The van der Waals surface area contributed by atoms with Crippen molar-refractivity contribution in [1.82, 2.24) is 14.7 Å². The summed E-state index contributed by atoms with van der Waals surface area (Å²) >= 11 is 0. The molecule has 3 saturated heterocycles. The van der Waals surface area contributed by atoms with Gasteiger partial charge in [0.2, 0.25) is 5.91 Å². The second-order valence-corrected chi connectivity index (χ2v) is 14.8. The van der Waals surface area contributed by atoms with Crippen LogP contribution in [0.2, 0.25) is 0 Å². The first-order chi connectivity index (χ1) is 19.3. The minimum absolute atomic E-state index is 0.0318. The molecule has 0 spiro atoms. The summed E-state index contributed by atoms with van der Waals surface area (Å²) < 4.78 is 34.4. The van der Waals surface area contributed by atoms with Gasteiger partial charge in [-0.05, 0) is 96.2 Å². The third-order valence-electron chi connectivity index (χ3n) is 10.8. The van der Waals surface area contributed by atoms with Crippen molar-refractivity contribution in [2.75, 3.05) is 39.3 Å². The van der Waals surface area contributed by atoms with Crippen LogP contribution in [0.5, 0.6) is 0 Å². The van der Waals surface area contributed by atoms with Crippen molar-refractivity contribution in [3.63, 3.8) is 0 Å². The Morgan fingerprint density at radius 3 is 2.29 bits per heavy atom. The smallest absolute Gasteiger partial charge is 0.410 e. The van der Waals surface area contributed by atoms with Gasteiger partial charge in [0.1, 0.15) is 18.2 Å². The van der Waals surface area contributed by atoms with Crippen LogP contribution in [0, 0.1) is 28.9 Å². The van der Waals surface area contributed by atoms with Gasteiger partial charge >= 0.3 is 6.09 Å². The summed E-state index contributed by atoms with van der Waals surface area (Å²) in [4.78, 5) is 33.2. The maximum absolute atomic E-state index is 15.1. The van der Waals surface area contributed by atoms with E-state index in [9.17, 15) is 14.0 Å². The number of carbonyl (C=O) groups is 2. The van der Waals surface area contributed by atoms with Crippen molar-refractivity contribution >= 4 is 12.0 Å². The second kappa shape index (κ2) is 11.5. The van der Waals surface area contributed by atoms with Crippen molar-refractivity contribution in [3.8, 4) is 0 Å². The zero-order chi connectivity index (χ0) is 29.6. The Morgan fingerprint density at radius 1 is 1.02 bits per heavy atom. The first kappa shape index (κ1) is 30.2. The molecule has 1 aromatic carbocycles. The van der Waals surface area contributed by atoms with Crippen molar-refractivity contribution in [2.45, 2.75) is 103 Å². The molecule has 0 radical (unpaired) electrons. The van der Waals surface area contributed by atoms with Gasteiger partial charge in [0.05, 0.1) is 5.54 Å². The van der Waals surface area contributed by atoms with Crippen LogP contribution in [0.15, 0.2) is 18.2 Å². The number of carbonyl (C=O) groups excluding carboxylic acids is 2. The van der Waals surface area contributed by atoms with E-state index in [2.05, 4.69) is 39.5 Å². The molecular weight excluding hydrogens is 524 g/mol. The maximum Gasteiger partial charge on any atom is 0.410 e. The normalized spacial score (nSPS) is 27.6. The van der Waals surface area contributed by atoms with Crippen LogP contribution in [0.4, 0.5) is 13.6 Å². The lowest BCUT2D eigenvalue weighted by Crippen LogP contribution is -2.57. The van der Waals surface area contributed by atoms with Gasteiger partial charge in [-0.3, -0.25) is 14.6 Å². The molecule has 4 aliphatic rings. The molecule has 41 heavy (non-hydrogen) atoms. The zero-order valence-electron chi connectivity index (χ0n) is 25.7. The number of rotatable bonds is 5. The van der Waals surface area contributed by atoms with Crippen molar-refractivity contribution < 1.29 is 23.1 Å². The molecule has 1 aromatic rings. The Morgan fingerprint density at radius 2 is 1.71 bits per heavy atom. The summed E-state index contributed by atoms with van der Waals surface area (Å²) in [5.74, 6) is -1.22. The number of amides is 2. The van der Waals surface area contributed by atoms with E-state index in [1.54, 1.807) is 0 Å². The highest BCUT2D eigenvalue weighted by molar-refractivity contribution is 5.80. The first-order valence-corrected chi connectivity index (χ1v) is 15.7. The predicted octanol–water partition coefficient (Wildman–Crippen LogP) is 6.59. The van der Waals surface area contributed by atoms with Crippen molar-refractivity contribution in [2.24, 2.45) is 17.3 Å². The minimum Gasteiger partial charge on any atom is -0.447 e. The van der Waals surface area contributed by atoms with Crippen LogP contribution in [-0.4, -0.2) is 77.1 Å². The van der Waals surface area contributed by atoms with Crippen LogP contribution >= 0.6 is 0 Å². The number of nitrogens with zero attached hydrogens (tertiary/aromatic N) is 3. The molecule has 1 aliphatic carbocycles. The lowest BCUT2D eigenvalue weighted by molar-refractivity contribution is -0.142. The maximum atomic E-state index is 15.1. The van der Waals surface area contributed by atoms with E-state index in [0.717, 1.165) is 25.5 Å². The molecule has 0 unspecified atom stereocenters. The Labute approximate surface area is 244 Å². The van der Waals surface area contributed by atoms with E-state index >= 15 is 4.39 Å². The van der Waals surface area contributed by atoms with Crippen LogP contribution < -0.4 is 0 Å². The summed E-state index contributed by atoms with van der Waals surface area (Å²) in [6, 6.07) is 3.78. The summed E-state index contributed by atoms with van der Waals surface area (Å²) in [6.07, 6.45) is 8.21. The molecule has 5 rings (SSSR count). The predicted molar refractivity (Wildman–Crippen MR) is 155 cm³/mol. The molecule has 2 amide bonds. The standard InChI is InChI=1S/C33H49F2N3O3/c1-31(2,3)37-16-13-26(27(20-37)25-12-11-24(34)19-28(25)35)29(39)36-17-14-33(15-18-36,23-9-7-6-8-10-23)21-38-30(40)41-22-32(38,4)5/h11-12,19,23,26-27H,6-10,13-18,20-22H2,1-5H3/t26-,27+/m0/s1. The molecule has 228 valence electrons. The Bertz CT molecular complexity index is 1120. The monoisotopic (exact) mass is 573 g/mol. The lowest BCUT2D eigenvalue weighted by Gasteiger charge is -2.51. The van der Waals surface area contributed by atoms with Gasteiger partial charge < -0.3 is 9.64 Å². The van der Waals surface area contributed by atoms with Crippen LogP contribution in [0.1, 0.15) is 97.5 Å². The van der Waals surface area contributed by atoms with Gasteiger partial charge in [0, 0.05) is 49.6 Å². The van der Waals surface area contributed by atoms with Crippen molar-refractivity contribution in [3.05, 3.63) is 35.4 Å². The number of benzene rings is 1. The molecule has 8 heteroatoms. The number of hydrogen-bond donors (Lipinski definition) is 0. The fraction of sp³-hybridized carbons (Fsp3) is 0.758. The molecular formula is C33H49F2N3O3. The Kier molecular flexibility index (Phi) is 8.45. The third-order valence-corrected chi connectivity index (χ3v) is 10.8. The van der Waals surface area contributed by atoms with E-state index in [1.807, 2.05) is 9.80 Å². The van der Waals surface area contributed by atoms with E-state index < -0.39 is 11.6 Å². The molecule has 3 heterocycles. The third kappa shape index (κ3) is 6.14. The zero-order valence-corrected chi connectivity index (χ0v) is 25.7. The van der Waals surface area contributed by atoms with E-state index in [1.165, 1.54) is 44.2 Å². The lowest BCUT2D eigenvalue weighted by atomic mass is 9.63. The van der Waals surface area contributed by atoms with E-state index in [0.29, 0.717) is 50.7 Å². The highest BCUT2D eigenvalue weighted by Crippen LogP contribution is 2.48. The number of hydrogen-bond acceptors (Lipinski definition) is 4. The highest BCUT2D eigenvalue weighted by Gasteiger charge is 2.50. The minimum atomic E-state index is -0.599. The van der Waals surface area contributed by atoms with Crippen molar-refractivity contribution in [1.29, 1.82) is 0 Å².